The van der Waals surface area contributed by atoms with Gasteiger partial charge in [-0.1, -0.05) is 13.8 Å². The topological polar surface area (TPSA) is 65.0 Å². The number of hydrogen-bond donors (Lipinski definition) is 0. The highest BCUT2D eigenvalue weighted by Gasteiger charge is 2.50. The fourth-order valence-electron chi connectivity index (χ4n) is 6.70. The minimum Gasteiger partial charge on any atom is -0.435 e. The maximum absolute atomic E-state index is 14.3. The molecule has 1 amide bonds. The third-order valence-corrected chi connectivity index (χ3v) is 8.59. The molecule has 1 spiro atoms. The Morgan fingerprint density at radius 1 is 1.07 bits per heavy atom. The highest BCUT2D eigenvalue weighted by Crippen LogP contribution is 2.45. The maximum Gasteiger partial charge on any atom is 0.262 e. The molecule has 8 nitrogen and oxygen atoms in total. The number of likely N-dealkylation sites (tertiary alicyclic amines) is 1. The maximum atomic E-state index is 14.3. The summed E-state index contributed by atoms with van der Waals surface area (Å²) in [5.74, 6) is 0.502. The van der Waals surface area contributed by atoms with Crippen molar-refractivity contribution in [1.82, 2.24) is 24.9 Å². The molecule has 2 aliphatic rings. The van der Waals surface area contributed by atoms with Crippen LogP contribution in [0.5, 0.6) is 11.6 Å². The van der Waals surface area contributed by atoms with E-state index in [0.29, 0.717) is 17.8 Å². The highest BCUT2D eigenvalue weighted by molar-refractivity contribution is 5.97. The molecule has 1 aromatic carbocycles. The zero-order chi connectivity index (χ0) is 29.9. The molecule has 2 aromatic rings. The van der Waals surface area contributed by atoms with E-state index in [-0.39, 0.29) is 34.7 Å². The van der Waals surface area contributed by atoms with Crippen molar-refractivity contribution in [2.75, 3.05) is 51.7 Å². The second-order valence-electron chi connectivity index (χ2n) is 13.2. The first kappa shape index (κ1) is 31.2. The van der Waals surface area contributed by atoms with Gasteiger partial charge < -0.3 is 19.4 Å². The molecule has 0 radical (unpaired) electrons. The Bertz CT molecular complexity index is 1170. The molecule has 2 saturated heterocycles. The lowest BCUT2D eigenvalue weighted by Crippen LogP contribution is -2.62. The molecule has 41 heavy (non-hydrogen) atoms. The molecule has 2 aliphatic heterocycles. The average Bonchev–Trinajstić information content (AvgIpc) is 3.32. The van der Waals surface area contributed by atoms with Crippen molar-refractivity contribution in [3.8, 4) is 11.6 Å². The number of hydrogen-bond acceptors (Lipinski definition) is 7. The number of halogens is 1. The van der Waals surface area contributed by atoms with E-state index in [4.69, 9.17) is 4.74 Å². The zero-order valence-corrected chi connectivity index (χ0v) is 26.2. The van der Waals surface area contributed by atoms with Crippen LogP contribution >= 0.6 is 0 Å². The van der Waals surface area contributed by atoms with Crippen LogP contribution < -0.4 is 9.64 Å². The van der Waals surface area contributed by atoms with E-state index >= 15 is 0 Å². The third kappa shape index (κ3) is 7.17. The number of rotatable bonds is 12. The zero-order valence-electron chi connectivity index (χ0n) is 26.2. The van der Waals surface area contributed by atoms with E-state index in [1.165, 1.54) is 31.0 Å². The lowest BCUT2D eigenvalue weighted by Gasteiger charge is -2.53. The van der Waals surface area contributed by atoms with Gasteiger partial charge in [-0.2, -0.15) is 5.10 Å². The van der Waals surface area contributed by atoms with E-state index in [1.807, 2.05) is 33.8 Å². The lowest BCUT2D eigenvalue weighted by atomic mass is 9.76. The van der Waals surface area contributed by atoms with Crippen LogP contribution in [0.3, 0.4) is 0 Å². The molecule has 0 aliphatic carbocycles. The molecule has 9 heteroatoms. The van der Waals surface area contributed by atoms with Crippen molar-refractivity contribution in [2.24, 2.45) is 11.3 Å². The first-order valence-corrected chi connectivity index (χ1v) is 15.2. The molecule has 4 rings (SSSR count). The van der Waals surface area contributed by atoms with E-state index in [0.717, 1.165) is 44.8 Å². The Labute approximate surface area is 245 Å². The third-order valence-electron chi connectivity index (χ3n) is 8.59. The molecule has 0 unspecified atom stereocenters. The minimum atomic E-state index is -0.482. The Balaban J connectivity index is 1.48. The van der Waals surface area contributed by atoms with Gasteiger partial charge in [0.25, 0.3) is 11.8 Å². The van der Waals surface area contributed by atoms with Gasteiger partial charge in [0, 0.05) is 49.7 Å². The summed E-state index contributed by atoms with van der Waals surface area (Å²) in [6.07, 6.45) is 5.24. The number of ether oxygens (including phenoxy) is 1. The molecule has 0 bridgehead atoms. The van der Waals surface area contributed by atoms with Gasteiger partial charge in [0.1, 0.15) is 17.3 Å². The largest absolute Gasteiger partial charge is 0.435 e. The van der Waals surface area contributed by atoms with Crippen molar-refractivity contribution >= 4 is 11.6 Å². The molecule has 2 fully saturated rings. The molecule has 226 valence electrons. The fraction of sp³-hybridized carbons (Fsp3) is 0.656. The van der Waals surface area contributed by atoms with E-state index in [1.54, 1.807) is 11.1 Å². The Kier molecular flexibility index (Phi) is 9.90. The average molecular weight is 569 g/mol. The Morgan fingerprint density at radius 3 is 2.41 bits per heavy atom. The van der Waals surface area contributed by atoms with Gasteiger partial charge in [-0.3, -0.25) is 9.69 Å². The molecular weight excluding hydrogens is 519 g/mol. The molecular formula is C32H49FN6O2. The normalized spacial score (nSPS) is 17.6. The van der Waals surface area contributed by atoms with Gasteiger partial charge in [0.15, 0.2) is 0 Å². The summed E-state index contributed by atoms with van der Waals surface area (Å²) >= 11 is 0. The second-order valence-corrected chi connectivity index (χ2v) is 13.2. The monoisotopic (exact) mass is 568 g/mol. The first-order chi connectivity index (χ1) is 19.4. The number of aromatic nitrogens is 2. The van der Waals surface area contributed by atoms with E-state index in [2.05, 4.69) is 52.8 Å². The minimum absolute atomic E-state index is 0.0446. The molecule has 1 atom stereocenters. The highest BCUT2D eigenvalue weighted by atomic mass is 19.1. The van der Waals surface area contributed by atoms with Crippen LogP contribution in [0.15, 0.2) is 30.5 Å². The summed E-state index contributed by atoms with van der Waals surface area (Å²) in [4.78, 5) is 22.5. The van der Waals surface area contributed by atoms with Crippen LogP contribution in [0.4, 0.5) is 10.1 Å². The summed E-state index contributed by atoms with van der Waals surface area (Å²) in [6, 6.07) is 6.53. The van der Waals surface area contributed by atoms with Crippen LogP contribution in [0.1, 0.15) is 71.2 Å². The van der Waals surface area contributed by atoms with Crippen molar-refractivity contribution in [3.63, 3.8) is 0 Å². The summed E-state index contributed by atoms with van der Waals surface area (Å²) < 4.78 is 20.6. The van der Waals surface area contributed by atoms with Crippen LogP contribution in [-0.2, 0) is 0 Å². The molecule has 0 saturated carbocycles. The summed E-state index contributed by atoms with van der Waals surface area (Å²) in [5.41, 5.74) is 1.31. The van der Waals surface area contributed by atoms with Gasteiger partial charge >= 0.3 is 0 Å². The van der Waals surface area contributed by atoms with Gasteiger partial charge in [-0.05, 0) is 97.8 Å². The van der Waals surface area contributed by atoms with Crippen molar-refractivity contribution in [3.05, 3.63) is 41.8 Å². The van der Waals surface area contributed by atoms with Gasteiger partial charge in [-0.25, -0.2) is 4.39 Å². The summed E-state index contributed by atoms with van der Waals surface area (Å²) in [6.45, 7) is 17.7. The number of anilines is 1. The van der Waals surface area contributed by atoms with Crippen LogP contribution in [0, 0.1) is 17.2 Å². The number of carbonyl (C=O) groups is 1. The van der Waals surface area contributed by atoms with Crippen LogP contribution in [0.25, 0.3) is 0 Å². The summed E-state index contributed by atoms with van der Waals surface area (Å²) in [7, 11) is 4.28. The SMILES string of the molecule is CC(C)[C@H](CCCN(C)C)N1CC2(CCN(c3ccnnc3Oc3ccc(F)cc3C(=O)N(C(C)C)C(C)C)C2)C1. The summed E-state index contributed by atoms with van der Waals surface area (Å²) in [5, 5.41) is 8.40. The standard InChI is InChI=1S/C32H49FN6O2/c1-22(2)27(10-9-16-36(7)8)38-20-32(21-38)14-17-37(19-32)28-13-15-34-35-30(28)41-29-12-11-25(33)18-26(29)31(40)39(23(3)4)24(5)6/h11-13,15,18,22-24,27H,9-10,14,16-17,19-21H2,1-8H3/t27-/m0/s1. The Morgan fingerprint density at radius 2 is 1.78 bits per heavy atom. The fourth-order valence-corrected chi connectivity index (χ4v) is 6.70. The Hall–Kier alpha value is -2.78. The van der Waals surface area contributed by atoms with Gasteiger partial charge in [0.2, 0.25) is 0 Å². The second kappa shape index (κ2) is 13.0. The molecule has 0 N–H and O–H groups in total. The molecule has 1 aromatic heterocycles. The number of carbonyl (C=O) groups excluding carboxylic acids is 1. The van der Waals surface area contributed by atoms with Crippen LogP contribution in [0.2, 0.25) is 0 Å². The van der Waals surface area contributed by atoms with E-state index in [9.17, 15) is 9.18 Å². The van der Waals surface area contributed by atoms with Crippen molar-refractivity contribution < 1.29 is 13.9 Å². The number of amides is 1. The smallest absolute Gasteiger partial charge is 0.262 e. The van der Waals surface area contributed by atoms with Gasteiger partial charge in [-0.15, -0.1) is 5.10 Å². The van der Waals surface area contributed by atoms with Crippen LogP contribution in [-0.4, -0.2) is 95.7 Å². The number of benzene rings is 1. The predicted molar refractivity (Wildman–Crippen MR) is 162 cm³/mol. The number of nitrogens with zero attached hydrogens (tertiary/aromatic N) is 6. The lowest BCUT2D eigenvalue weighted by molar-refractivity contribution is -0.0343. The predicted octanol–water partition coefficient (Wildman–Crippen LogP) is 5.55. The van der Waals surface area contributed by atoms with Gasteiger partial charge in [0.05, 0.1) is 11.8 Å². The van der Waals surface area contributed by atoms with Crippen molar-refractivity contribution in [1.29, 1.82) is 0 Å². The first-order valence-electron chi connectivity index (χ1n) is 15.2. The van der Waals surface area contributed by atoms with Crippen molar-refractivity contribution in [2.45, 2.75) is 78.9 Å². The quantitative estimate of drug-likeness (QED) is 0.333. The molecule has 3 heterocycles. The van der Waals surface area contributed by atoms with E-state index < -0.39 is 5.82 Å².